The monoisotopic (exact) mass is 409 g/mol. The van der Waals surface area contributed by atoms with E-state index in [1.807, 2.05) is 48.2 Å². The summed E-state index contributed by atoms with van der Waals surface area (Å²) >= 11 is 0. The Hall–Kier alpha value is -2.83. The fourth-order valence-electron chi connectivity index (χ4n) is 4.19. The average molecular weight is 410 g/mol. The fraction of sp³-hybridized carbons (Fsp3) is 0.522. The van der Waals surface area contributed by atoms with Gasteiger partial charge in [0.2, 0.25) is 5.95 Å². The lowest BCUT2D eigenvalue weighted by Crippen LogP contribution is -2.39. The van der Waals surface area contributed by atoms with Crippen molar-refractivity contribution < 1.29 is 9.53 Å². The molecule has 3 heterocycles. The van der Waals surface area contributed by atoms with E-state index in [2.05, 4.69) is 11.8 Å². The molecule has 0 bridgehead atoms. The van der Waals surface area contributed by atoms with Crippen molar-refractivity contribution in [3.05, 3.63) is 41.1 Å². The molecule has 0 saturated carbocycles. The number of carbonyl (C=O) groups is 1. The number of benzene rings is 1. The Kier molecular flexibility index (Phi) is 5.79. The van der Waals surface area contributed by atoms with Gasteiger partial charge < -0.3 is 19.4 Å². The Morgan fingerprint density at radius 1 is 1.10 bits per heavy atom. The standard InChI is InChI=1S/C23H31N5O2/c1-16-9-12-27(13-10-16)23-24-20-11-14-28(15-19(20)21(25-23)26(2)3)22(29)17-5-7-18(30-4)8-6-17/h5-8,16H,9-15H2,1-4H3. The number of fused-ring (bicyclic) bond motifs is 1. The number of hydrogen-bond donors (Lipinski definition) is 0. The van der Waals surface area contributed by atoms with Gasteiger partial charge in [0.25, 0.3) is 5.91 Å². The average Bonchev–Trinajstić information content (AvgIpc) is 2.78. The highest BCUT2D eigenvalue weighted by atomic mass is 16.5. The largest absolute Gasteiger partial charge is 0.497 e. The topological polar surface area (TPSA) is 61.8 Å². The Bertz CT molecular complexity index is 905. The van der Waals surface area contributed by atoms with Crippen LogP contribution in [-0.2, 0) is 13.0 Å². The van der Waals surface area contributed by atoms with E-state index in [-0.39, 0.29) is 5.91 Å². The highest BCUT2D eigenvalue weighted by Crippen LogP contribution is 2.30. The zero-order valence-corrected chi connectivity index (χ0v) is 18.4. The van der Waals surface area contributed by atoms with Crippen molar-refractivity contribution in [1.29, 1.82) is 0 Å². The van der Waals surface area contributed by atoms with E-state index in [1.54, 1.807) is 7.11 Å². The van der Waals surface area contributed by atoms with Gasteiger partial charge in [-0.3, -0.25) is 4.79 Å². The molecule has 7 heteroatoms. The van der Waals surface area contributed by atoms with E-state index in [4.69, 9.17) is 14.7 Å². The molecule has 2 aromatic rings. The third kappa shape index (κ3) is 4.06. The van der Waals surface area contributed by atoms with Gasteiger partial charge in [-0.15, -0.1) is 0 Å². The van der Waals surface area contributed by atoms with Gasteiger partial charge in [-0.25, -0.2) is 4.98 Å². The molecule has 0 atom stereocenters. The van der Waals surface area contributed by atoms with Crippen LogP contribution in [0.15, 0.2) is 24.3 Å². The Balaban J connectivity index is 1.58. The first kappa shape index (κ1) is 20.4. The fourth-order valence-corrected chi connectivity index (χ4v) is 4.19. The third-order valence-electron chi connectivity index (χ3n) is 6.14. The maximum Gasteiger partial charge on any atom is 0.254 e. The minimum Gasteiger partial charge on any atom is -0.497 e. The SMILES string of the molecule is COc1ccc(C(=O)N2CCc3nc(N4CCC(C)CC4)nc(N(C)C)c3C2)cc1. The number of nitrogens with zero attached hydrogens (tertiary/aromatic N) is 5. The summed E-state index contributed by atoms with van der Waals surface area (Å²) in [7, 11) is 5.64. The van der Waals surface area contributed by atoms with Crippen LogP contribution >= 0.6 is 0 Å². The number of aromatic nitrogens is 2. The van der Waals surface area contributed by atoms with Gasteiger partial charge in [0, 0.05) is 51.3 Å². The van der Waals surface area contributed by atoms with Gasteiger partial charge >= 0.3 is 0 Å². The third-order valence-corrected chi connectivity index (χ3v) is 6.14. The molecule has 0 spiro atoms. The molecule has 4 rings (SSSR count). The molecule has 0 radical (unpaired) electrons. The van der Waals surface area contributed by atoms with Gasteiger partial charge in [0.05, 0.1) is 19.3 Å². The maximum atomic E-state index is 13.1. The van der Waals surface area contributed by atoms with E-state index >= 15 is 0 Å². The molecule has 0 aliphatic carbocycles. The Morgan fingerprint density at radius 3 is 2.43 bits per heavy atom. The van der Waals surface area contributed by atoms with Crippen molar-refractivity contribution in [2.45, 2.75) is 32.7 Å². The maximum absolute atomic E-state index is 13.1. The first-order chi connectivity index (χ1) is 14.5. The molecule has 7 nitrogen and oxygen atoms in total. The molecule has 1 fully saturated rings. The summed E-state index contributed by atoms with van der Waals surface area (Å²) in [6.45, 7) is 5.53. The van der Waals surface area contributed by atoms with Crippen LogP contribution in [0.4, 0.5) is 11.8 Å². The van der Waals surface area contributed by atoms with Crippen LogP contribution in [0.1, 0.15) is 41.4 Å². The van der Waals surface area contributed by atoms with Crippen molar-refractivity contribution in [1.82, 2.24) is 14.9 Å². The van der Waals surface area contributed by atoms with Gasteiger partial charge in [-0.05, 0) is 43.0 Å². The minimum absolute atomic E-state index is 0.0297. The molecule has 2 aliphatic heterocycles. The molecule has 0 N–H and O–H groups in total. The van der Waals surface area contributed by atoms with Crippen LogP contribution in [-0.4, -0.2) is 61.6 Å². The molecule has 1 aromatic carbocycles. The van der Waals surface area contributed by atoms with E-state index in [0.29, 0.717) is 18.7 Å². The van der Waals surface area contributed by atoms with E-state index in [1.165, 1.54) is 12.8 Å². The van der Waals surface area contributed by atoms with Gasteiger partial charge in [0.1, 0.15) is 11.6 Å². The van der Waals surface area contributed by atoms with Crippen LogP contribution in [0.5, 0.6) is 5.75 Å². The number of ether oxygens (including phenoxy) is 1. The normalized spacial score (nSPS) is 16.9. The molecule has 1 saturated heterocycles. The highest BCUT2D eigenvalue weighted by molar-refractivity contribution is 5.94. The molecular weight excluding hydrogens is 378 g/mol. The number of anilines is 2. The van der Waals surface area contributed by atoms with Crippen molar-refractivity contribution in [3.8, 4) is 5.75 Å². The van der Waals surface area contributed by atoms with Gasteiger partial charge in [-0.2, -0.15) is 4.98 Å². The molecule has 1 aromatic heterocycles. The van der Waals surface area contributed by atoms with Crippen molar-refractivity contribution in [2.24, 2.45) is 5.92 Å². The molecule has 2 aliphatic rings. The molecule has 0 unspecified atom stereocenters. The second-order valence-corrected chi connectivity index (χ2v) is 8.54. The predicted molar refractivity (Wildman–Crippen MR) is 118 cm³/mol. The van der Waals surface area contributed by atoms with Crippen LogP contribution in [0, 0.1) is 5.92 Å². The van der Waals surface area contributed by atoms with Crippen LogP contribution in [0.2, 0.25) is 0 Å². The van der Waals surface area contributed by atoms with Gasteiger partial charge in [-0.1, -0.05) is 6.92 Å². The molecule has 30 heavy (non-hydrogen) atoms. The Morgan fingerprint density at radius 2 is 1.80 bits per heavy atom. The predicted octanol–water partition coefficient (Wildman–Crippen LogP) is 2.99. The van der Waals surface area contributed by atoms with Crippen LogP contribution < -0.4 is 14.5 Å². The number of carbonyl (C=O) groups excluding carboxylic acids is 1. The lowest BCUT2D eigenvalue weighted by molar-refractivity contribution is 0.0733. The van der Waals surface area contributed by atoms with Crippen LogP contribution in [0.25, 0.3) is 0 Å². The summed E-state index contributed by atoms with van der Waals surface area (Å²) in [6, 6.07) is 7.29. The first-order valence-electron chi connectivity index (χ1n) is 10.7. The van der Waals surface area contributed by atoms with Crippen molar-refractivity contribution in [3.63, 3.8) is 0 Å². The first-order valence-corrected chi connectivity index (χ1v) is 10.7. The molecular formula is C23H31N5O2. The molecule has 1 amide bonds. The molecule has 160 valence electrons. The summed E-state index contributed by atoms with van der Waals surface area (Å²) in [5.41, 5.74) is 2.80. The summed E-state index contributed by atoms with van der Waals surface area (Å²) in [5, 5.41) is 0. The number of hydrogen-bond acceptors (Lipinski definition) is 6. The highest BCUT2D eigenvalue weighted by Gasteiger charge is 2.28. The van der Waals surface area contributed by atoms with E-state index in [9.17, 15) is 4.79 Å². The van der Waals surface area contributed by atoms with Gasteiger partial charge in [0.15, 0.2) is 0 Å². The lowest BCUT2D eigenvalue weighted by atomic mass is 9.99. The van der Waals surface area contributed by atoms with Crippen LogP contribution in [0.3, 0.4) is 0 Å². The Labute approximate surface area is 178 Å². The lowest BCUT2D eigenvalue weighted by Gasteiger charge is -2.34. The number of rotatable bonds is 4. The summed E-state index contributed by atoms with van der Waals surface area (Å²) in [6.07, 6.45) is 3.11. The summed E-state index contributed by atoms with van der Waals surface area (Å²) in [4.78, 5) is 29.1. The van der Waals surface area contributed by atoms with E-state index < -0.39 is 0 Å². The second-order valence-electron chi connectivity index (χ2n) is 8.54. The number of amides is 1. The number of methoxy groups -OCH3 is 1. The second kappa shape index (κ2) is 8.50. The number of piperidine rings is 1. The minimum atomic E-state index is 0.0297. The smallest absolute Gasteiger partial charge is 0.254 e. The van der Waals surface area contributed by atoms with Crippen molar-refractivity contribution >= 4 is 17.7 Å². The quantitative estimate of drug-likeness (QED) is 0.774. The summed E-state index contributed by atoms with van der Waals surface area (Å²) < 4.78 is 5.20. The van der Waals surface area contributed by atoms with E-state index in [0.717, 1.165) is 54.2 Å². The zero-order chi connectivity index (χ0) is 21.3. The summed E-state index contributed by atoms with van der Waals surface area (Å²) in [5.74, 6) is 3.30. The van der Waals surface area contributed by atoms with Crippen molar-refractivity contribution in [2.75, 3.05) is 50.6 Å². The zero-order valence-electron chi connectivity index (χ0n) is 18.4.